The van der Waals surface area contributed by atoms with E-state index in [0.717, 1.165) is 24.2 Å². The molecule has 0 radical (unpaired) electrons. The molecule has 2 atom stereocenters. The zero-order valence-electron chi connectivity index (χ0n) is 10.3. The van der Waals surface area contributed by atoms with Crippen LogP contribution in [0.2, 0.25) is 0 Å². The molecule has 0 aliphatic carbocycles. The van der Waals surface area contributed by atoms with Gasteiger partial charge in [-0.1, -0.05) is 6.92 Å². The first-order valence-corrected chi connectivity index (χ1v) is 5.85. The van der Waals surface area contributed by atoms with Crippen molar-refractivity contribution in [3.8, 4) is 0 Å². The summed E-state index contributed by atoms with van der Waals surface area (Å²) < 4.78 is 5.42. The number of ether oxygens (including phenoxy) is 1. The summed E-state index contributed by atoms with van der Waals surface area (Å²) in [6.45, 7) is 6.67. The highest BCUT2D eigenvalue weighted by atomic mass is 16.5. The molecule has 4 heteroatoms. The first-order valence-electron chi connectivity index (χ1n) is 5.85. The molecule has 90 valence electrons. The number of hydrogen-bond acceptors (Lipinski definition) is 4. The van der Waals surface area contributed by atoms with Crippen molar-refractivity contribution < 1.29 is 4.74 Å². The molecule has 16 heavy (non-hydrogen) atoms. The van der Waals surface area contributed by atoms with E-state index in [2.05, 4.69) is 16.9 Å². The molecule has 1 heterocycles. The number of nitrogens with zero attached hydrogens (tertiary/aromatic N) is 2. The Bertz CT molecular complexity index is 300. The summed E-state index contributed by atoms with van der Waals surface area (Å²) in [6.07, 6.45) is 5.44. The maximum Gasteiger partial charge on any atom is 0.156 e. The smallest absolute Gasteiger partial charge is 0.156 e. The van der Waals surface area contributed by atoms with Gasteiger partial charge in [0.05, 0.1) is 0 Å². The van der Waals surface area contributed by atoms with Gasteiger partial charge in [-0.2, -0.15) is 0 Å². The number of rotatable bonds is 6. The fourth-order valence-corrected chi connectivity index (χ4v) is 1.45. The summed E-state index contributed by atoms with van der Waals surface area (Å²) in [5, 5.41) is 0. The van der Waals surface area contributed by atoms with Crippen LogP contribution < -0.4 is 5.73 Å². The van der Waals surface area contributed by atoms with E-state index in [-0.39, 0.29) is 12.1 Å². The molecule has 1 aromatic rings. The van der Waals surface area contributed by atoms with Gasteiger partial charge in [0.25, 0.3) is 0 Å². The molecule has 0 aromatic carbocycles. The summed E-state index contributed by atoms with van der Waals surface area (Å²) >= 11 is 0. The Hall–Kier alpha value is -1.00. The lowest BCUT2D eigenvalue weighted by Crippen LogP contribution is -2.21. The Morgan fingerprint density at radius 1 is 1.31 bits per heavy atom. The van der Waals surface area contributed by atoms with Gasteiger partial charge in [-0.3, -0.25) is 0 Å². The van der Waals surface area contributed by atoms with Gasteiger partial charge < -0.3 is 10.5 Å². The Labute approximate surface area is 97.2 Å². The summed E-state index contributed by atoms with van der Waals surface area (Å²) in [4.78, 5) is 8.59. The highest BCUT2D eigenvalue weighted by molar-refractivity contribution is 5.07. The van der Waals surface area contributed by atoms with E-state index in [1.165, 1.54) is 0 Å². The van der Waals surface area contributed by atoms with Crippen molar-refractivity contribution >= 4 is 0 Å². The molecule has 0 amide bonds. The molecule has 0 bridgehead atoms. The first kappa shape index (κ1) is 13.1. The highest BCUT2D eigenvalue weighted by Gasteiger charge is 2.08. The Balaban J connectivity index is 2.60. The molecular formula is C12H21N3O. The van der Waals surface area contributed by atoms with E-state index in [0.29, 0.717) is 6.61 Å². The van der Waals surface area contributed by atoms with Crippen LogP contribution in [0.3, 0.4) is 0 Å². The molecule has 0 aliphatic rings. The van der Waals surface area contributed by atoms with Gasteiger partial charge in [0.15, 0.2) is 5.82 Å². The van der Waals surface area contributed by atoms with Crippen LogP contribution in [0, 0.1) is 0 Å². The summed E-state index contributed by atoms with van der Waals surface area (Å²) in [5.74, 6) is 0.732. The summed E-state index contributed by atoms with van der Waals surface area (Å²) in [6, 6.07) is 0.193. The maximum atomic E-state index is 5.87. The van der Waals surface area contributed by atoms with Crippen molar-refractivity contribution in [2.75, 3.05) is 6.61 Å². The highest BCUT2D eigenvalue weighted by Crippen LogP contribution is 2.11. The SMILES string of the molecule is CCOC(C)c1ncc(CC(N)CC)cn1. The van der Waals surface area contributed by atoms with Crippen molar-refractivity contribution in [2.45, 2.75) is 45.8 Å². The third kappa shape index (κ3) is 3.87. The van der Waals surface area contributed by atoms with Crippen molar-refractivity contribution in [3.63, 3.8) is 0 Å². The molecule has 0 aliphatic heterocycles. The molecular weight excluding hydrogens is 202 g/mol. The summed E-state index contributed by atoms with van der Waals surface area (Å²) in [7, 11) is 0. The van der Waals surface area contributed by atoms with Crippen LogP contribution in [0.25, 0.3) is 0 Å². The second kappa shape index (κ2) is 6.55. The van der Waals surface area contributed by atoms with Crippen molar-refractivity contribution in [1.29, 1.82) is 0 Å². The third-order valence-electron chi connectivity index (χ3n) is 2.53. The van der Waals surface area contributed by atoms with Crippen molar-refractivity contribution in [1.82, 2.24) is 9.97 Å². The lowest BCUT2D eigenvalue weighted by molar-refractivity contribution is 0.0700. The zero-order valence-corrected chi connectivity index (χ0v) is 10.3. The Morgan fingerprint density at radius 2 is 1.94 bits per heavy atom. The quantitative estimate of drug-likeness (QED) is 0.799. The number of hydrogen-bond donors (Lipinski definition) is 1. The molecule has 0 spiro atoms. The second-order valence-corrected chi connectivity index (χ2v) is 3.92. The minimum Gasteiger partial charge on any atom is -0.371 e. The fraction of sp³-hybridized carbons (Fsp3) is 0.667. The van der Waals surface area contributed by atoms with Crippen molar-refractivity contribution in [2.24, 2.45) is 5.73 Å². The van der Waals surface area contributed by atoms with Crippen molar-refractivity contribution in [3.05, 3.63) is 23.8 Å². The fourth-order valence-electron chi connectivity index (χ4n) is 1.45. The Kier molecular flexibility index (Phi) is 5.35. The standard InChI is InChI=1S/C12H21N3O/c1-4-11(13)6-10-7-14-12(15-8-10)9(3)16-5-2/h7-9,11H,4-6,13H2,1-3H3. The second-order valence-electron chi connectivity index (χ2n) is 3.92. The molecule has 4 nitrogen and oxygen atoms in total. The van der Waals surface area contributed by atoms with Gasteiger partial charge in [-0.15, -0.1) is 0 Å². The molecule has 2 unspecified atom stereocenters. The zero-order chi connectivity index (χ0) is 12.0. The first-order chi connectivity index (χ1) is 7.67. The molecule has 0 saturated carbocycles. The molecule has 1 aromatic heterocycles. The van der Waals surface area contributed by atoms with Crippen LogP contribution in [0.4, 0.5) is 0 Å². The normalized spacial score (nSPS) is 14.8. The average Bonchev–Trinajstić information content (AvgIpc) is 2.30. The molecule has 1 rings (SSSR count). The van der Waals surface area contributed by atoms with E-state index >= 15 is 0 Å². The van der Waals surface area contributed by atoms with Crippen LogP contribution in [-0.4, -0.2) is 22.6 Å². The van der Waals surface area contributed by atoms with Gasteiger partial charge in [-0.25, -0.2) is 9.97 Å². The molecule has 2 N–H and O–H groups in total. The Morgan fingerprint density at radius 3 is 2.44 bits per heavy atom. The predicted molar refractivity (Wildman–Crippen MR) is 64.0 cm³/mol. The van der Waals surface area contributed by atoms with Crippen LogP contribution in [-0.2, 0) is 11.2 Å². The predicted octanol–water partition coefficient (Wildman–Crippen LogP) is 1.85. The van der Waals surface area contributed by atoms with Gasteiger partial charge in [0, 0.05) is 25.0 Å². The van der Waals surface area contributed by atoms with E-state index in [1.807, 2.05) is 26.2 Å². The summed E-state index contributed by atoms with van der Waals surface area (Å²) in [5.41, 5.74) is 6.96. The molecule has 0 fully saturated rings. The van der Waals surface area contributed by atoms with E-state index in [9.17, 15) is 0 Å². The van der Waals surface area contributed by atoms with Crippen LogP contribution in [0.15, 0.2) is 12.4 Å². The lowest BCUT2D eigenvalue weighted by Gasteiger charge is -2.11. The largest absolute Gasteiger partial charge is 0.371 e. The lowest BCUT2D eigenvalue weighted by atomic mass is 10.1. The van der Waals surface area contributed by atoms with E-state index in [4.69, 9.17) is 10.5 Å². The van der Waals surface area contributed by atoms with Crippen LogP contribution >= 0.6 is 0 Å². The van der Waals surface area contributed by atoms with Crippen LogP contribution in [0.1, 0.15) is 44.7 Å². The minimum atomic E-state index is -0.0427. The minimum absolute atomic E-state index is 0.0427. The average molecular weight is 223 g/mol. The van der Waals surface area contributed by atoms with Gasteiger partial charge in [0.2, 0.25) is 0 Å². The maximum absolute atomic E-state index is 5.87. The van der Waals surface area contributed by atoms with Crippen LogP contribution in [0.5, 0.6) is 0 Å². The van der Waals surface area contributed by atoms with E-state index < -0.39 is 0 Å². The number of aromatic nitrogens is 2. The molecule has 0 saturated heterocycles. The van der Waals surface area contributed by atoms with Gasteiger partial charge >= 0.3 is 0 Å². The van der Waals surface area contributed by atoms with Gasteiger partial charge in [0.1, 0.15) is 6.10 Å². The van der Waals surface area contributed by atoms with Gasteiger partial charge in [-0.05, 0) is 32.3 Å². The monoisotopic (exact) mass is 223 g/mol. The third-order valence-corrected chi connectivity index (χ3v) is 2.53. The van der Waals surface area contributed by atoms with E-state index in [1.54, 1.807) is 0 Å². The topological polar surface area (TPSA) is 61.0 Å². The number of nitrogens with two attached hydrogens (primary N) is 1.